The molecule has 22 heavy (non-hydrogen) atoms. The molecule has 116 valence electrons. The minimum Gasteiger partial charge on any atom is -1.00 e. The standard InChI is InChI=1S/C15H13F3N3.BrH/c1-2-20-10-21(14-13(20)4-3-9-19-14)12-7-5-11(6-8-12)15(16,17)18;/h3-10H,2H2,1H3;1H/q+1;/p-1. The minimum atomic E-state index is -4.32. The van der Waals surface area contributed by atoms with Gasteiger partial charge in [0.25, 0.3) is 12.0 Å². The van der Waals surface area contributed by atoms with E-state index in [0.717, 1.165) is 29.8 Å². The molecule has 0 spiro atoms. The van der Waals surface area contributed by atoms with Crippen molar-refractivity contribution in [3.05, 3.63) is 54.5 Å². The van der Waals surface area contributed by atoms with E-state index in [1.807, 2.05) is 30.0 Å². The Balaban J connectivity index is 0.00000176. The highest BCUT2D eigenvalue weighted by atomic mass is 79.9. The van der Waals surface area contributed by atoms with Gasteiger partial charge in [0, 0.05) is 6.20 Å². The summed E-state index contributed by atoms with van der Waals surface area (Å²) < 4.78 is 41.6. The highest BCUT2D eigenvalue weighted by Crippen LogP contribution is 2.29. The summed E-state index contributed by atoms with van der Waals surface area (Å²) in [4.78, 5) is 4.32. The molecule has 3 rings (SSSR count). The smallest absolute Gasteiger partial charge is 0.416 e. The number of halogens is 4. The molecule has 2 aromatic heterocycles. The van der Waals surface area contributed by atoms with Crippen molar-refractivity contribution in [2.75, 3.05) is 0 Å². The predicted octanol–water partition coefficient (Wildman–Crippen LogP) is 0.356. The van der Waals surface area contributed by atoms with Crippen LogP contribution in [0.1, 0.15) is 12.5 Å². The molecule has 3 aromatic rings. The van der Waals surface area contributed by atoms with Crippen molar-refractivity contribution < 1.29 is 34.7 Å². The normalized spacial score (nSPS) is 11.5. The van der Waals surface area contributed by atoms with Gasteiger partial charge in [0.15, 0.2) is 5.52 Å². The van der Waals surface area contributed by atoms with Crippen molar-refractivity contribution in [2.24, 2.45) is 0 Å². The van der Waals surface area contributed by atoms with E-state index in [1.54, 1.807) is 10.8 Å². The SMILES string of the molecule is CC[n+]1cn(-c2ccc(C(F)(F)F)cc2)c2ncccc21.[Br-]. The predicted molar refractivity (Wildman–Crippen MR) is 71.9 cm³/mol. The molecule has 0 aliphatic carbocycles. The van der Waals surface area contributed by atoms with Gasteiger partial charge in [-0.2, -0.15) is 17.7 Å². The van der Waals surface area contributed by atoms with Crippen LogP contribution in [0.25, 0.3) is 16.9 Å². The summed E-state index contributed by atoms with van der Waals surface area (Å²) in [5.74, 6) is 0. The van der Waals surface area contributed by atoms with E-state index >= 15 is 0 Å². The molecule has 0 radical (unpaired) electrons. The third-order valence-electron chi connectivity index (χ3n) is 3.37. The van der Waals surface area contributed by atoms with Crippen LogP contribution in [0.15, 0.2) is 48.9 Å². The lowest BCUT2D eigenvalue weighted by Gasteiger charge is -2.06. The van der Waals surface area contributed by atoms with E-state index in [-0.39, 0.29) is 17.0 Å². The van der Waals surface area contributed by atoms with Crippen LogP contribution >= 0.6 is 0 Å². The lowest BCUT2D eigenvalue weighted by Crippen LogP contribution is -3.00. The largest absolute Gasteiger partial charge is 1.00 e. The van der Waals surface area contributed by atoms with Crippen LogP contribution in [0, 0.1) is 0 Å². The second-order valence-corrected chi connectivity index (χ2v) is 4.66. The third kappa shape index (κ3) is 2.85. The van der Waals surface area contributed by atoms with Crippen molar-refractivity contribution in [2.45, 2.75) is 19.6 Å². The first kappa shape index (κ1) is 16.5. The summed E-state index contributed by atoms with van der Waals surface area (Å²) in [5, 5.41) is 0. The molecule has 3 nitrogen and oxygen atoms in total. The number of nitrogens with zero attached hydrogens (tertiary/aromatic N) is 3. The van der Waals surface area contributed by atoms with Crippen LogP contribution in [0.5, 0.6) is 0 Å². The number of rotatable bonds is 2. The molecule has 0 fully saturated rings. The van der Waals surface area contributed by atoms with Gasteiger partial charge >= 0.3 is 6.18 Å². The van der Waals surface area contributed by atoms with Crippen LogP contribution in [-0.4, -0.2) is 9.55 Å². The number of hydrogen-bond acceptors (Lipinski definition) is 1. The van der Waals surface area contributed by atoms with Gasteiger partial charge in [-0.1, -0.05) is 0 Å². The quantitative estimate of drug-likeness (QED) is 0.596. The summed E-state index contributed by atoms with van der Waals surface area (Å²) in [5.41, 5.74) is 1.66. The molecule has 0 unspecified atom stereocenters. The average molecular weight is 372 g/mol. The lowest BCUT2D eigenvalue weighted by molar-refractivity contribution is -0.668. The Kier molecular flexibility index (Phi) is 4.55. The zero-order valence-electron chi connectivity index (χ0n) is 11.7. The van der Waals surface area contributed by atoms with Crippen molar-refractivity contribution in [3.63, 3.8) is 0 Å². The fraction of sp³-hybridized carbons (Fsp3) is 0.200. The molecular weight excluding hydrogens is 359 g/mol. The molecule has 0 atom stereocenters. The number of imidazole rings is 1. The van der Waals surface area contributed by atoms with Crippen molar-refractivity contribution in [1.29, 1.82) is 0 Å². The summed E-state index contributed by atoms with van der Waals surface area (Å²) >= 11 is 0. The molecule has 0 saturated carbocycles. The van der Waals surface area contributed by atoms with E-state index in [2.05, 4.69) is 4.98 Å². The van der Waals surface area contributed by atoms with Crippen LogP contribution in [0.4, 0.5) is 13.2 Å². The third-order valence-corrected chi connectivity index (χ3v) is 3.37. The Morgan fingerprint density at radius 2 is 1.82 bits per heavy atom. The Bertz CT molecular complexity index is 779. The molecule has 2 heterocycles. The summed E-state index contributed by atoms with van der Waals surface area (Å²) in [6, 6.07) is 8.85. The van der Waals surface area contributed by atoms with Crippen molar-refractivity contribution in [3.8, 4) is 5.69 Å². The fourth-order valence-electron chi connectivity index (χ4n) is 2.31. The van der Waals surface area contributed by atoms with Crippen LogP contribution in [0.3, 0.4) is 0 Å². The highest BCUT2D eigenvalue weighted by molar-refractivity contribution is 5.69. The number of alkyl halides is 3. The zero-order chi connectivity index (χ0) is 15.0. The number of benzene rings is 1. The molecule has 0 aliphatic heterocycles. The maximum Gasteiger partial charge on any atom is 0.416 e. The molecular formula is C15H13BrF3N3. The van der Waals surface area contributed by atoms with E-state index in [0.29, 0.717) is 5.69 Å². The van der Waals surface area contributed by atoms with Crippen molar-refractivity contribution in [1.82, 2.24) is 9.55 Å². The second kappa shape index (κ2) is 6.08. The number of pyridine rings is 1. The minimum absolute atomic E-state index is 0. The maximum absolute atomic E-state index is 12.6. The van der Waals surface area contributed by atoms with Gasteiger partial charge in [0.05, 0.1) is 12.1 Å². The molecule has 0 aliphatic rings. The first-order valence-corrected chi connectivity index (χ1v) is 6.54. The molecule has 1 aromatic carbocycles. The second-order valence-electron chi connectivity index (χ2n) is 4.66. The van der Waals surface area contributed by atoms with Gasteiger partial charge in [-0.3, -0.25) is 0 Å². The van der Waals surface area contributed by atoms with Gasteiger partial charge in [0.2, 0.25) is 0 Å². The monoisotopic (exact) mass is 371 g/mol. The van der Waals surface area contributed by atoms with E-state index in [9.17, 15) is 13.2 Å². The Labute approximate surface area is 135 Å². The van der Waals surface area contributed by atoms with E-state index in [4.69, 9.17) is 0 Å². The highest BCUT2D eigenvalue weighted by Gasteiger charge is 2.30. The van der Waals surface area contributed by atoms with Crippen molar-refractivity contribution >= 4 is 11.2 Å². The fourth-order valence-corrected chi connectivity index (χ4v) is 2.31. The number of aryl methyl sites for hydroxylation is 1. The Morgan fingerprint density at radius 3 is 2.41 bits per heavy atom. The van der Waals surface area contributed by atoms with Gasteiger partial charge in [-0.25, -0.2) is 9.55 Å². The molecule has 0 saturated heterocycles. The molecule has 0 amide bonds. The summed E-state index contributed by atoms with van der Waals surface area (Å²) in [6.45, 7) is 2.76. The van der Waals surface area contributed by atoms with Gasteiger partial charge in [-0.15, -0.1) is 0 Å². The topological polar surface area (TPSA) is 21.7 Å². The van der Waals surface area contributed by atoms with E-state index in [1.165, 1.54) is 12.1 Å². The average Bonchev–Trinajstić information content (AvgIpc) is 2.85. The summed E-state index contributed by atoms with van der Waals surface area (Å²) in [6.07, 6.45) is -0.804. The number of hydrogen-bond donors (Lipinski definition) is 0. The number of fused-ring (bicyclic) bond motifs is 1. The van der Waals surface area contributed by atoms with Gasteiger partial charge < -0.3 is 17.0 Å². The maximum atomic E-state index is 12.6. The first-order chi connectivity index (χ1) is 10.0. The van der Waals surface area contributed by atoms with Gasteiger partial charge in [0.1, 0.15) is 5.69 Å². The Morgan fingerprint density at radius 1 is 1.14 bits per heavy atom. The van der Waals surface area contributed by atoms with Crippen LogP contribution in [-0.2, 0) is 12.7 Å². The Hall–Kier alpha value is -1.89. The van der Waals surface area contributed by atoms with Crippen LogP contribution in [0.2, 0.25) is 0 Å². The molecule has 0 bridgehead atoms. The first-order valence-electron chi connectivity index (χ1n) is 6.54. The number of aromatic nitrogens is 3. The summed E-state index contributed by atoms with van der Waals surface area (Å²) in [7, 11) is 0. The van der Waals surface area contributed by atoms with Gasteiger partial charge in [-0.05, 0) is 43.3 Å². The van der Waals surface area contributed by atoms with Crippen LogP contribution < -0.4 is 21.5 Å². The zero-order valence-corrected chi connectivity index (χ0v) is 13.3. The molecule has 0 N–H and O–H groups in total. The lowest BCUT2D eigenvalue weighted by atomic mass is 10.2. The van der Waals surface area contributed by atoms with E-state index < -0.39 is 11.7 Å². The molecule has 7 heteroatoms.